The molecule has 2 nitrogen and oxygen atoms in total. The quantitative estimate of drug-likeness (QED) is 0.828. The van der Waals surface area contributed by atoms with Crippen molar-refractivity contribution in [2.75, 3.05) is 13.1 Å². The van der Waals surface area contributed by atoms with Gasteiger partial charge in [0.1, 0.15) is 0 Å². The van der Waals surface area contributed by atoms with E-state index in [1.165, 1.54) is 31.2 Å². The zero-order chi connectivity index (χ0) is 13.0. The van der Waals surface area contributed by atoms with Gasteiger partial charge < -0.3 is 11.1 Å². The molecule has 3 heteroatoms. The first-order chi connectivity index (χ1) is 8.70. The third kappa shape index (κ3) is 3.47. The Morgan fingerprint density at radius 3 is 2.78 bits per heavy atom. The molecular weight excluding hydrogens is 244 g/mol. The molecule has 0 amide bonds. The number of hydrogen-bond acceptors (Lipinski definition) is 2. The average molecular weight is 267 g/mol. The van der Waals surface area contributed by atoms with Crippen LogP contribution in [-0.4, -0.2) is 13.1 Å². The Bertz CT molecular complexity index is 388. The Balaban J connectivity index is 1.87. The van der Waals surface area contributed by atoms with Gasteiger partial charge >= 0.3 is 0 Å². The highest BCUT2D eigenvalue weighted by molar-refractivity contribution is 6.31. The van der Waals surface area contributed by atoms with E-state index in [0.29, 0.717) is 6.54 Å². The fourth-order valence-corrected chi connectivity index (χ4v) is 2.60. The Labute approximate surface area is 115 Å². The van der Waals surface area contributed by atoms with E-state index in [4.69, 9.17) is 17.3 Å². The molecule has 0 heterocycles. The van der Waals surface area contributed by atoms with Crippen LogP contribution in [-0.2, 0) is 0 Å². The van der Waals surface area contributed by atoms with Crippen LogP contribution < -0.4 is 11.1 Å². The molecule has 3 N–H and O–H groups in total. The molecule has 0 bridgehead atoms. The van der Waals surface area contributed by atoms with E-state index in [2.05, 4.69) is 17.4 Å². The minimum absolute atomic E-state index is 0.225. The van der Waals surface area contributed by atoms with Crippen LogP contribution in [0.4, 0.5) is 0 Å². The van der Waals surface area contributed by atoms with Crippen molar-refractivity contribution in [3.05, 3.63) is 34.3 Å². The van der Waals surface area contributed by atoms with Crippen LogP contribution in [0.1, 0.15) is 42.9 Å². The Morgan fingerprint density at radius 1 is 1.44 bits per heavy atom. The molecule has 0 radical (unpaired) electrons. The van der Waals surface area contributed by atoms with Crippen molar-refractivity contribution in [1.29, 1.82) is 0 Å². The number of hydrogen-bond donors (Lipinski definition) is 2. The summed E-state index contributed by atoms with van der Waals surface area (Å²) in [6.07, 6.45) is 5.51. The van der Waals surface area contributed by atoms with Crippen LogP contribution in [0.15, 0.2) is 18.2 Å². The van der Waals surface area contributed by atoms with Gasteiger partial charge in [0.15, 0.2) is 0 Å². The highest BCUT2D eigenvalue weighted by Gasteiger charge is 2.17. The topological polar surface area (TPSA) is 38.0 Å². The van der Waals surface area contributed by atoms with Gasteiger partial charge in [-0.3, -0.25) is 0 Å². The number of nitrogens with two attached hydrogens (primary N) is 1. The van der Waals surface area contributed by atoms with Crippen LogP contribution in [0.25, 0.3) is 0 Å². The first-order valence-corrected chi connectivity index (χ1v) is 7.28. The van der Waals surface area contributed by atoms with Gasteiger partial charge in [-0.2, -0.15) is 0 Å². The van der Waals surface area contributed by atoms with Crippen molar-refractivity contribution in [2.24, 2.45) is 11.7 Å². The predicted octanol–water partition coefficient (Wildman–Crippen LogP) is 3.43. The summed E-state index contributed by atoms with van der Waals surface area (Å²) in [5, 5.41) is 4.37. The SMILES string of the molecule is Cc1ccc(C(CN)NCCC2CCC2)cc1Cl. The van der Waals surface area contributed by atoms with Crippen molar-refractivity contribution < 1.29 is 0 Å². The maximum atomic E-state index is 6.16. The van der Waals surface area contributed by atoms with Crippen molar-refractivity contribution in [3.63, 3.8) is 0 Å². The second kappa shape index (κ2) is 6.55. The van der Waals surface area contributed by atoms with Crippen molar-refractivity contribution in [3.8, 4) is 0 Å². The van der Waals surface area contributed by atoms with E-state index >= 15 is 0 Å². The Hall–Kier alpha value is -0.570. The lowest BCUT2D eigenvalue weighted by atomic mass is 9.83. The van der Waals surface area contributed by atoms with E-state index in [1.54, 1.807) is 0 Å². The van der Waals surface area contributed by atoms with Gasteiger partial charge in [0, 0.05) is 17.6 Å². The van der Waals surface area contributed by atoms with Crippen molar-refractivity contribution in [1.82, 2.24) is 5.32 Å². The van der Waals surface area contributed by atoms with Crippen LogP contribution in [0.5, 0.6) is 0 Å². The molecule has 1 aromatic carbocycles. The number of halogens is 1. The molecule has 1 unspecified atom stereocenters. The number of aryl methyl sites for hydroxylation is 1. The molecule has 18 heavy (non-hydrogen) atoms. The second-order valence-corrected chi connectivity index (χ2v) is 5.74. The standard InChI is InChI=1S/C15H23ClN2/c1-11-5-6-13(9-14(11)16)15(10-17)18-8-7-12-3-2-4-12/h5-6,9,12,15,18H,2-4,7-8,10,17H2,1H3. The van der Waals surface area contributed by atoms with Gasteiger partial charge in [-0.25, -0.2) is 0 Å². The van der Waals surface area contributed by atoms with Gasteiger partial charge in [-0.1, -0.05) is 43.0 Å². The maximum Gasteiger partial charge on any atom is 0.0445 e. The Morgan fingerprint density at radius 2 is 2.22 bits per heavy atom. The smallest absolute Gasteiger partial charge is 0.0445 e. The molecule has 0 saturated heterocycles. The highest BCUT2D eigenvalue weighted by Crippen LogP contribution is 2.29. The van der Waals surface area contributed by atoms with Crippen LogP contribution >= 0.6 is 11.6 Å². The summed E-state index contributed by atoms with van der Waals surface area (Å²) in [6, 6.07) is 6.44. The summed E-state index contributed by atoms with van der Waals surface area (Å²) in [6.45, 7) is 3.69. The van der Waals surface area contributed by atoms with Crippen LogP contribution in [0.3, 0.4) is 0 Å². The fraction of sp³-hybridized carbons (Fsp3) is 0.600. The van der Waals surface area contributed by atoms with E-state index in [9.17, 15) is 0 Å². The number of rotatable bonds is 6. The average Bonchev–Trinajstić information content (AvgIpc) is 2.31. The molecule has 1 aliphatic carbocycles. The van der Waals surface area contributed by atoms with Gasteiger partial charge in [0.2, 0.25) is 0 Å². The molecule has 100 valence electrons. The van der Waals surface area contributed by atoms with Gasteiger partial charge in [0.25, 0.3) is 0 Å². The van der Waals surface area contributed by atoms with Crippen molar-refractivity contribution >= 4 is 11.6 Å². The fourth-order valence-electron chi connectivity index (χ4n) is 2.41. The summed E-state index contributed by atoms with van der Waals surface area (Å²) >= 11 is 6.16. The molecule has 1 aliphatic rings. The lowest BCUT2D eigenvalue weighted by Gasteiger charge is -2.26. The molecule has 1 atom stereocenters. The number of nitrogens with one attached hydrogen (secondary N) is 1. The lowest BCUT2D eigenvalue weighted by molar-refractivity contribution is 0.288. The predicted molar refractivity (Wildman–Crippen MR) is 77.9 cm³/mol. The molecule has 1 saturated carbocycles. The zero-order valence-corrected chi connectivity index (χ0v) is 11.8. The van der Waals surface area contributed by atoms with Crippen molar-refractivity contribution in [2.45, 2.75) is 38.6 Å². The first-order valence-electron chi connectivity index (χ1n) is 6.90. The van der Waals surface area contributed by atoms with Gasteiger partial charge in [0.05, 0.1) is 0 Å². The van der Waals surface area contributed by atoms with E-state index in [1.807, 2.05) is 13.0 Å². The number of benzene rings is 1. The van der Waals surface area contributed by atoms with Gasteiger partial charge in [-0.05, 0) is 43.0 Å². The molecule has 1 aromatic rings. The molecule has 2 rings (SSSR count). The summed E-state index contributed by atoms with van der Waals surface area (Å²) in [5.41, 5.74) is 8.16. The minimum atomic E-state index is 0.225. The normalized spacial score (nSPS) is 17.5. The largest absolute Gasteiger partial charge is 0.329 e. The zero-order valence-electron chi connectivity index (χ0n) is 11.1. The summed E-state index contributed by atoms with van der Waals surface area (Å²) in [5.74, 6) is 0.942. The lowest BCUT2D eigenvalue weighted by Crippen LogP contribution is -2.30. The molecule has 0 aromatic heterocycles. The summed E-state index contributed by atoms with van der Waals surface area (Å²) < 4.78 is 0. The van der Waals surface area contributed by atoms with E-state index < -0.39 is 0 Å². The minimum Gasteiger partial charge on any atom is -0.329 e. The third-order valence-corrected chi connectivity index (χ3v) is 4.41. The first kappa shape index (κ1) is 13.9. The van der Waals surface area contributed by atoms with E-state index in [-0.39, 0.29) is 6.04 Å². The van der Waals surface area contributed by atoms with Crippen LogP contribution in [0.2, 0.25) is 5.02 Å². The third-order valence-electron chi connectivity index (χ3n) is 4.00. The molecule has 0 aliphatic heterocycles. The van der Waals surface area contributed by atoms with Crippen LogP contribution in [0, 0.1) is 12.8 Å². The Kier molecular flexibility index (Phi) is 5.04. The molecular formula is C15H23ClN2. The van der Waals surface area contributed by atoms with Gasteiger partial charge in [-0.15, -0.1) is 0 Å². The molecule has 0 spiro atoms. The monoisotopic (exact) mass is 266 g/mol. The summed E-state index contributed by atoms with van der Waals surface area (Å²) in [4.78, 5) is 0. The van der Waals surface area contributed by atoms with E-state index in [0.717, 1.165) is 23.0 Å². The molecule has 1 fully saturated rings. The summed E-state index contributed by atoms with van der Waals surface area (Å²) in [7, 11) is 0. The maximum absolute atomic E-state index is 6.16. The second-order valence-electron chi connectivity index (χ2n) is 5.34. The highest BCUT2D eigenvalue weighted by atomic mass is 35.5.